The number of ether oxygens (including phenoxy) is 1. The van der Waals surface area contributed by atoms with Crippen LogP contribution >= 0.6 is 0 Å². The normalized spacial score (nSPS) is 14.4. The lowest BCUT2D eigenvalue weighted by Gasteiger charge is -2.29. The molecule has 4 aromatic rings. The van der Waals surface area contributed by atoms with Gasteiger partial charge in [-0.05, 0) is 67.8 Å². The second-order valence-corrected chi connectivity index (χ2v) is 8.50. The number of carbonyl (C=O) groups is 2. The summed E-state index contributed by atoms with van der Waals surface area (Å²) in [6, 6.07) is 22.1. The molecule has 0 saturated heterocycles. The molecule has 2 heterocycles. The van der Waals surface area contributed by atoms with Crippen LogP contribution in [0.3, 0.4) is 0 Å². The van der Waals surface area contributed by atoms with Crippen molar-refractivity contribution in [3.63, 3.8) is 0 Å². The van der Waals surface area contributed by atoms with Gasteiger partial charge in [-0.1, -0.05) is 53.7 Å². The zero-order valence-corrected chi connectivity index (χ0v) is 19.7. The summed E-state index contributed by atoms with van der Waals surface area (Å²) in [5.74, 6) is 0.771. The van der Waals surface area contributed by atoms with Gasteiger partial charge in [0.1, 0.15) is 18.1 Å². The van der Waals surface area contributed by atoms with E-state index >= 15 is 0 Å². The highest BCUT2D eigenvalue weighted by Gasteiger charge is 2.36. The van der Waals surface area contributed by atoms with Crippen LogP contribution in [-0.2, 0) is 11.4 Å². The van der Waals surface area contributed by atoms with Crippen molar-refractivity contribution < 1.29 is 18.8 Å². The number of aryl methyl sites for hydroxylation is 3. The standard InChI is InChI=1S/C29H24N2O4/c1-18-8-4-7-11-27(18)31-28(32)24-10-6-5-9-23(24)25(29(31)33)16-21-12-14-22(15-13-21)34-17-26-19(2)30-35-20(26)3/h4-16H,17H2,1-3H3. The van der Waals surface area contributed by atoms with Crippen LogP contribution in [0.15, 0.2) is 77.3 Å². The minimum atomic E-state index is -0.346. The average molecular weight is 465 g/mol. The fourth-order valence-electron chi connectivity index (χ4n) is 4.22. The first kappa shape index (κ1) is 22.3. The Bertz CT molecular complexity index is 1440. The number of hydrogen-bond acceptors (Lipinski definition) is 5. The number of carbonyl (C=O) groups excluding carboxylic acids is 2. The summed E-state index contributed by atoms with van der Waals surface area (Å²) >= 11 is 0. The molecule has 0 unspecified atom stereocenters. The molecule has 0 bridgehead atoms. The molecular formula is C29H24N2O4. The van der Waals surface area contributed by atoms with Crippen LogP contribution < -0.4 is 9.64 Å². The summed E-state index contributed by atoms with van der Waals surface area (Å²) in [5.41, 5.74) is 5.61. The molecule has 1 aliphatic rings. The smallest absolute Gasteiger partial charge is 0.265 e. The van der Waals surface area contributed by atoms with E-state index in [2.05, 4.69) is 5.16 Å². The molecule has 5 rings (SSSR count). The number of hydrogen-bond donors (Lipinski definition) is 0. The molecule has 0 saturated carbocycles. The number of anilines is 1. The van der Waals surface area contributed by atoms with E-state index in [0.29, 0.717) is 34.7 Å². The molecule has 0 atom stereocenters. The van der Waals surface area contributed by atoms with E-state index < -0.39 is 0 Å². The van der Waals surface area contributed by atoms with Crippen LogP contribution in [0, 0.1) is 20.8 Å². The Labute approximate surface area is 203 Å². The minimum Gasteiger partial charge on any atom is -0.489 e. The molecule has 2 amide bonds. The molecule has 0 aliphatic carbocycles. The quantitative estimate of drug-likeness (QED) is 0.271. The maximum absolute atomic E-state index is 13.6. The van der Waals surface area contributed by atoms with Gasteiger partial charge in [-0.15, -0.1) is 0 Å². The van der Waals surface area contributed by atoms with Gasteiger partial charge in [0, 0.05) is 11.1 Å². The zero-order chi connectivity index (χ0) is 24.5. The molecule has 174 valence electrons. The third-order valence-corrected chi connectivity index (χ3v) is 6.20. The van der Waals surface area contributed by atoms with Crippen LogP contribution in [0.1, 0.15) is 44.1 Å². The molecule has 35 heavy (non-hydrogen) atoms. The van der Waals surface area contributed by atoms with Crippen molar-refractivity contribution in [1.29, 1.82) is 0 Å². The lowest BCUT2D eigenvalue weighted by Crippen LogP contribution is -2.42. The predicted octanol–water partition coefficient (Wildman–Crippen LogP) is 5.91. The Balaban J connectivity index is 1.47. The number of rotatable bonds is 5. The van der Waals surface area contributed by atoms with Gasteiger partial charge in [0.05, 0.1) is 16.9 Å². The summed E-state index contributed by atoms with van der Waals surface area (Å²) in [6.45, 7) is 5.99. The summed E-state index contributed by atoms with van der Waals surface area (Å²) in [6.07, 6.45) is 1.82. The second-order valence-electron chi connectivity index (χ2n) is 8.50. The van der Waals surface area contributed by atoms with E-state index in [1.165, 1.54) is 4.90 Å². The number of para-hydroxylation sites is 1. The summed E-state index contributed by atoms with van der Waals surface area (Å²) in [5, 5.41) is 3.95. The van der Waals surface area contributed by atoms with Crippen LogP contribution in [0.2, 0.25) is 0 Å². The lowest BCUT2D eigenvalue weighted by atomic mass is 9.91. The van der Waals surface area contributed by atoms with Crippen LogP contribution in [0.25, 0.3) is 11.6 Å². The van der Waals surface area contributed by atoms with Crippen LogP contribution in [0.5, 0.6) is 5.75 Å². The number of nitrogens with zero attached hydrogens (tertiary/aromatic N) is 2. The Morgan fingerprint density at radius 2 is 1.54 bits per heavy atom. The van der Waals surface area contributed by atoms with E-state index in [1.54, 1.807) is 12.1 Å². The Hall–Kier alpha value is -4.45. The largest absolute Gasteiger partial charge is 0.489 e. The molecule has 0 radical (unpaired) electrons. The SMILES string of the molecule is Cc1ccccc1N1C(=O)C(=Cc2ccc(OCc3c(C)noc3C)cc2)c2ccccc2C1=O. The summed E-state index contributed by atoms with van der Waals surface area (Å²) < 4.78 is 11.1. The minimum absolute atomic E-state index is 0.319. The third kappa shape index (κ3) is 4.15. The van der Waals surface area contributed by atoms with Crippen LogP contribution in [-0.4, -0.2) is 17.0 Å². The molecule has 3 aromatic carbocycles. The number of amides is 2. The monoisotopic (exact) mass is 464 g/mol. The first-order chi connectivity index (χ1) is 16.9. The first-order valence-corrected chi connectivity index (χ1v) is 11.3. The number of imide groups is 1. The molecule has 1 aromatic heterocycles. The molecular weight excluding hydrogens is 440 g/mol. The average Bonchev–Trinajstić information content (AvgIpc) is 3.19. The molecule has 6 nitrogen and oxygen atoms in total. The summed E-state index contributed by atoms with van der Waals surface area (Å²) in [4.78, 5) is 28.2. The highest BCUT2D eigenvalue weighted by molar-refractivity contribution is 6.43. The van der Waals surface area contributed by atoms with Crippen LogP contribution in [0.4, 0.5) is 5.69 Å². The third-order valence-electron chi connectivity index (χ3n) is 6.20. The molecule has 0 spiro atoms. The molecule has 1 aliphatic heterocycles. The number of fused-ring (bicyclic) bond motifs is 1. The van der Waals surface area contributed by atoms with Crippen molar-refractivity contribution in [2.24, 2.45) is 0 Å². The molecule has 0 N–H and O–H groups in total. The zero-order valence-electron chi connectivity index (χ0n) is 19.7. The number of aromatic nitrogens is 1. The Morgan fingerprint density at radius 1 is 0.857 bits per heavy atom. The van der Waals surface area contributed by atoms with Gasteiger partial charge in [0.15, 0.2) is 0 Å². The van der Waals surface area contributed by atoms with Crippen molar-refractivity contribution in [3.8, 4) is 5.75 Å². The number of benzene rings is 3. The van der Waals surface area contributed by atoms with Crippen molar-refractivity contribution in [2.75, 3.05) is 4.90 Å². The Morgan fingerprint density at radius 3 is 2.23 bits per heavy atom. The van der Waals surface area contributed by atoms with Crippen molar-refractivity contribution in [1.82, 2.24) is 5.16 Å². The highest BCUT2D eigenvalue weighted by atomic mass is 16.5. The van der Waals surface area contributed by atoms with Gasteiger partial charge in [0.2, 0.25) is 0 Å². The van der Waals surface area contributed by atoms with E-state index in [-0.39, 0.29) is 11.8 Å². The van der Waals surface area contributed by atoms with Gasteiger partial charge < -0.3 is 9.26 Å². The van der Waals surface area contributed by atoms with E-state index in [1.807, 2.05) is 87.5 Å². The fourth-order valence-corrected chi connectivity index (χ4v) is 4.22. The van der Waals surface area contributed by atoms with E-state index in [4.69, 9.17) is 9.26 Å². The fraction of sp³-hybridized carbons (Fsp3) is 0.138. The van der Waals surface area contributed by atoms with Crippen molar-refractivity contribution in [2.45, 2.75) is 27.4 Å². The van der Waals surface area contributed by atoms with Crippen molar-refractivity contribution in [3.05, 3.63) is 112 Å². The van der Waals surface area contributed by atoms with Gasteiger partial charge in [0.25, 0.3) is 11.8 Å². The topological polar surface area (TPSA) is 72.6 Å². The van der Waals surface area contributed by atoms with E-state index in [0.717, 1.165) is 28.1 Å². The van der Waals surface area contributed by atoms with Gasteiger partial charge >= 0.3 is 0 Å². The Kier molecular flexibility index (Phi) is 5.79. The predicted molar refractivity (Wildman–Crippen MR) is 134 cm³/mol. The summed E-state index contributed by atoms with van der Waals surface area (Å²) in [7, 11) is 0. The maximum atomic E-state index is 13.6. The lowest BCUT2D eigenvalue weighted by molar-refractivity contribution is -0.112. The maximum Gasteiger partial charge on any atom is 0.265 e. The molecule has 0 fully saturated rings. The second kappa shape index (κ2) is 9.06. The van der Waals surface area contributed by atoms with Gasteiger partial charge in [-0.3, -0.25) is 9.59 Å². The van der Waals surface area contributed by atoms with Gasteiger partial charge in [-0.2, -0.15) is 0 Å². The molecule has 6 heteroatoms. The van der Waals surface area contributed by atoms with Gasteiger partial charge in [-0.25, -0.2) is 4.90 Å². The highest BCUT2D eigenvalue weighted by Crippen LogP contribution is 2.34. The van der Waals surface area contributed by atoms with E-state index in [9.17, 15) is 9.59 Å². The van der Waals surface area contributed by atoms with Crippen molar-refractivity contribution >= 4 is 29.2 Å². The first-order valence-electron chi connectivity index (χ1n) is 11.3.